The van der Waals surface area contributed by atoms with Gasteiger partial charge in [0.15, 0.2) is 0 Å². The van der Waals surface area contributed by atoms with E-state index in [0.29, 0.717) is 0 Å². The van der Waals surface area contributed by atoms with Crippen molar-refractivity contribution in [3.63, 3.8) is 0 Å². The Morgan fingerprint density at radius 2 is 2.00 bits per heavy atom. The molecule has 0 N–H and O–H groups in total. The molecular formula is C8H9Fe-. The van der Waals surface area contributed by atoms with Crippen LogP contribution in [0.25, 0.3) is 0 Å². The standard InChI is InChI=1S/C5H5.C3H4.Fe/c1-2-4-5-3-1;1-3-2;/h1-3H,4H2;1-2H2;/q-1;;. The topological polar surface area (TPSA) is 0 Å². The van der Waals surface area contributed by atoms with Crippen LogP contribution in [0.15, 0.2) is 37.1 Å². The summed E-state index contributed by atoms with van der Waals surface area (Å²) >= 11 is 0. The van der Waals surface area contributed by atoms with Gasteiger partial charge in [-0.1, -0.05) is 13.2 Å². The third kappa shape index (κ3) is 11.2. The fourth-order valence-corrected chi connectivity index (χ4v) is 0.340. The second-order valence-corrected chi connectivity index (χ2v) is 1.25. The number of hydrogen-bond acceptors (Lipinski definition) is 0. The van der Waals surface area contributed by atoms with Crippen molar-refractivity contribution in [2.24, 2.45) is 0 Å². The van der Waals surface area contributed by atoms with Crippen molar-refractivity contribution in [1.82, 2.24) is 0 Å². The third-order valence-corrected chi connectivity index (χ3v) is 0.586. The summed E-state index contributed by atoms with van der Waals surface area (Å²) in [5.41, 5.74) is 2.25. The van der Waals surface area contributed by atoms with Crippen LogP contribution >= 0.6 is 0 Å². The molecule has 0 unspecified atom stereocenters. The van der Waals surface area contributed by atoms with Gasteiger partial charge in [-0.2, -0.15) is 6.08 Å². The van der Waals surface area contributed by atoms with Gasteiger partial charge in [-0.15, -0.1) is 12.2 Å². The number of rotatable bonds is 0. The van der Waals surface area contributed by atoms with Gasteiger partial charge in [-0.3, -0.25) is 6.08 Å². The minimum absolute atomic E-state index is 0. The maximum absolute atomic E-state index is 3.12. The normalized spacial score (nSPS) is 10.7. The zero-order valence-electron chi connectivity index (χ0n) is 5.21. The maximum atomic E-state index is 3.12. The van der Waals surface area contributed by atoms with E-state index >= 15 is 0 Å². The zero-order chi connectivity index (χ0) is 6.24. The van der Waals surface area contributed by atoms with Crippen LogP contribution in [0.2, 0.25) is 0 Å². The fourth-order valence-electron chi connectivity index (χ4n) is 0.340. The molecule has 0 spiro atoms. The second kappa shape index (κ2) is 10.5. The molecule has 0 aromatic rings. The van der Waals surface area contributed by atoms with Gasteiger partial charge in [0.25, 0.3) is 0 Å². The van der Waals surface area contributed by atoms with E-state index in [-0.39, 0.29) is 17.1 Å². The summed E-state index contributed by atoms with van der Waals surface area (Å²) < 4.78 is 0. The smallest absolute Gasteiger partial charge is 0 e. The van der Waals surface area contributed by atoms with Crippen LogP contribution in [-0.4, -0.2) is 0 Å². The van der Waals surface area contributed by atoms with Gasteiger partial charge in [0.1, 0.15) is 0 Å². The third-order valence-electron chi connectivity index (χ3n) is 0.586. The molecule has 1 aliphatic rings. The van der Waals surface area contributed by atoms with E-state index in [1.54, 1.807) is 0 Å². The zero-order valence-corrected chi connectivity index (χ0v) is 6.31. The van der Waals surface area contributed by atoms with E-state index in [1.807, 2.05) is 12.2 Å². The molecule has 1 heteroatoms. The average molecular weight is 161 g/mol. The van der Waals surface area contributed by atoms with Crippen molar-refractivity contribution in [3.8, 4) is 0 Å². The largest absolute Gasteiger partial charge is 0.273 e. The van der Waals surface area contributed by atoms with Crippen LogP contribution in [0.4, 0.5) is 0 Å². The molecule has 0 bridgehead atoms. The van der Waals surface area contributed by atoms with Crippen molar-refractivity contribution >= 4 is 0 Å². The predicted octanol–water partition coefficient (Wildman–Crippen LogP) is 2.26. The molecule has 0 amide bonds. The van der Waals surface area contributed by atoms with Crippen LogP contribution in [0, 0.1) is 6.08 Å². The van der Waals surface area contributed by atoms with Crippen LogP contribution in [0.3, 0.4) is 0 Å². The Balaban J connectivity index is 0. The van der Waals surface area contributed by atoms with Gasteiger partial charge in [-0.25, -0.2) is 12.2 Å². The van der Waals surface area contributed by atoms with Gasteiger partial charge in [0, 0.05) is 17.1 Å². The summed E-state index contributed by atoms with van der Waals surface area (Å²) in [4.78, 5) is 0. The van der Waals surface area contributed by atoms with Crippen LogP contribution in [-0.2, 0) is 17.1 Å². The Hall–Kier alpha value is -0.481. The first-order chi connectivity index (χ1) is 3.91. The molecule has 1 aliphatic carbocycles. The average Bonchev–Trinajstić information content (AvgIpc) is 2.17. The van der Waals surface area contributed by atoms with E-state index in [9.17, 15) is 0 Å². The molecule has 0 heterocycles. The first kappa shape index (κ1) is 11.3. The molecule has 0 aromatic carbocycles. The van der Waals surface area contributed by atoms with Crippen molar-refractivity contribution in [2.75, 3.05) is 0 Å². The molecule has 0 atom stereocenters. The fraction of sp³-hybridized carbons (Fsp3) is 0.125. The minimum Gasteiger partial charge on any atom is -0.273 e. The monoisotopic (exact) mass is 161 g/mol. The van der Waals surface area contributed by atoms with Crippen molar-refractivity contribution in [3.05, 3.63) is 43.2 Å². The summed E-state index contributed by atoms with van der Waals surface area (Å²) in [5.74, 6) is 0. The van der Waals surface area contributed by atoms with E-state index in [1.165, 1.54) is 0 Å². The summed E-state index contributed by atoms with van der Waals surface area (Å²) in [6.07, 6.45) is 10.0. The number of hydrogen-bond donors (Lipinski definition) is 0. The van der Waals surface area contributed by atoms with Crippen molar-refractivity contribution < 1.29 is 17.1 Å². The minimum atomic E-state index is 0. The first-order valence-corrected chi connectivity index (χ1v) is 2.42. The Bertz CT molecular complexity index is 116. The molecular weight excluding hydrogens is 152 g/mol. The van der Waals surface area contributed by atoms with E-state index in [0.717, 1.165) is 6.42 Å². The van der Waals surface area contributed by atoms with Gasteiger partial charge >= 0.3 is 0 Å². The number of allylic oxidation sites excluding steroid dienone is 4. The Morgan fingerprint density at radius 1 is 1.44 bits per heavy atom. The Morgan fingerprint density at radius 3 is 2.11 bits per heavy atom. The summed E-state index contributed by atoms with van der Waals surface area (Å²) in [6.45, 7) is 6.25. The molecule has 0 saturated carbocycles. The van der Waals surface area contributed by atoms with Gasteiger partial charge < -0.3 is 0 Å². The molecule has 0 fully saturated rings. The molecule has 0 aliphatic heterocycles. The van der Waals surface area contributed by atoms with Gasteiger partial charge in [0.05, 0.1) is 0 Å². The van der Waals surface area contributed by atoms with Crippen LogP contribution in [0.5, 0.6) is 0 Å². The molecule has 0 saturated heterocycles. The van der Waals surface area contributed by atoms with E-state index in [2.05, 4.69) is 31.0 Å². The molecule has 0 aromatic heterocycles. The van der Waals surface area contributed by atoms with E-state index < -0.39 is 0 Å². The SMILES string of the molecule is C=C=C.[C-]1=CC=CC1.[Fe]. The van der Waals surface area contributed by atoms with Crippen molar-refractivity contribution in [2.45, 2.75) is 6.42 Å². The molecule has 0 nitrogen and oxygen atoms in total. The second-order valence-electron chi connectivity index (χ2n) is 1.25. The summed E-state index contributed by atoms with van der Waals surface area (Å²) in [5, 5.41) is 0. The van der Waals surface area contributed by atoms with Gasteiger partial charge in [-0.05, 0) is 0 Å². The Labute approximate surface area is 67.1 Å². The molecule has 9 heavy (non-hydrogen) atoms. The first-order valence-electron chi connectivity index (χ1n) is 2.42. The van der Waals surface area contributed by atoms with Gasteiger partial charge in [0.2, 0.25) is 0 Å². The molecule has 50 valence electrons. The van der Waals surface area contributed by atoms with Crippen LogP contribution < -0.4 is 0 Å². The maximum Gasteiger partial charge on any atom is 0 e. The van der Waals surface area contributed by atoms with Crippen LogP contribution in [0.1, 0.15) is 6.42 Å². The predicted molar refractivity (Wildman–Crippen MR) is 36.3 cm³/mol. The summed E-state index contributed by atoms with van der Waals surface area (Å²) in [7, 11) is 0. The quantitative estimate of drug-likeness (QED) is 0.290. The van der Waals surface area contributed by atoms with E-state index in [4.69, 9.17) is 0 Å². The molecule has 1 rings (SSSR count). The Kier molecular flexibility index (Phi) is 13.2. The van der Waals surface area contributed by atoms with Crippen molar-refractivity contribution in [1.29, 1.82) is 0 Å². The summed E-state index contributed by atoms with van der Waals surface area (Å²) in [6, 6.07) is 0. The molecule has 0 radical (unpaired) electrons.